The molecule has 4 heteroatoms. The summed E-state index contributed by atoms with van der Waals surface area (Å²) in [6, 6.07) is 0. The molecular formula is C6H11N3O. The number of nitrogens with zero attached hydrogens (tertiary/aromatic N) is 2. The monoisotopic (exact) mass is 141 g/mol. The van der Waals surface area contributed by atoms with Crippen molar-refractivity contribution >= 4 is 19.0 Å². The van der Waals surface area contributed by atoms with E-state index in [1.165, 1.54) is 6.34 Å². The van der Waals surface area contributed by atoms with Gasteiger partial charge in [0.15, 0.2) is 0 Å². The summed E-state index contributed by atoms with van der Waals surface area (Å²) < 4.78 is 0. The Kier molecular flexibility index (Phi) is 3.32. The standard InChI is InChI=1S/C6H11N3O/c1-6(2,3-10)9-5-8-4-7/h3-5H,1-2H3,(H2,7,8,9). The molecule has 4 nitrogen and oxygen atoms in total. The molecule has 0 radical (unpaired) electrons. The van der Waals surface area contributed by atoms with Crippen molar-refractivity contribution in [3.05, 3.63) is 0 Å². The molecule has 0 fully saturated rings. The number of carbonyl (C=O) groups is 1. The normalized spacial score (nSPS) is 13.0. The van der Waals surface area contributed by atoms with E-state index in [0.29, 0.717) is 0 Å². The summed E-state index contributed by atoms with van der Waals surface area (Å²) in [6.07, 6.45) is 3.12. The van der Waals surface area contributed by atoms with E-state index < -0.39 is 5.54 Å². The van der Waals surface area contributed by atoms with E-state index >= 15 is 0 Å². The first kappa shape index (κ1) is 8.81. The van der Waals surface area contributed by atoms with Crippen LogP contribution in [0.4, 0.5) is 0 Å². The second-order valence-corrected chi connectivity index (χ2v) is 2.31. The zero-order chi connectivity index (χ0) is 8.04. The number of nitrogens with two attached hydrogens (primary N) is 1. The molecule has 0 rings (SSSR count). The van der Waals surface area contributed by atoms with Crippen LogP contribution in [0.3, 0.4) is 0 Å². The Bertz CT molecular complexity index is 160. The molecule has 0 bridgehead atoms. The maximum Gasteiger partial charge on any atom is 0.147 e. The molecule has 0 atom stereocenters. The number of carbonyl (C=O) groups excluding carboxylic acids is 1. The largest absolute Gasteiger partial charge is 0.390 e. The minimum absolute atomic E-state index is 0.688. The molecule has 0 aromatic rings. The van der Waals surface area contributed by atoms with Gasteiger partial charge < -0.3 is 10.5 Å². The lowest BCUT2D eigenvalue weighted by Gasteiger charge is -2.07. The highest BCUT2D eigenvalue weighted by atomic mass is 16.1. The Labute approximate surface area is 59.9 Å². The van der Waals surface area contributed by atoms with Crippen LogP contribution in [0.1, 0.15) is 13.8 Å². The van der Waals surface area contributed by atoms with Crippen molar-refractivity contribution < 1.29 is 4.79 Å². The lowest BCUT2D eigenvalue weighted by atomic mass is 10.1. The summed E-state index contributed by atoms with van der Waals surface area (Å²) in [5.74, 6) is 0. The van der Waals surface area contributed by atoms with Crippen LogP contribution in [0.5, 0.6) is 0 Å². The summed E-state index contributed by atoms with van der Waals surface area (Å²) in [5, 5.41) is 0. The second kappa shape index (κ2) is 3.76. The Balaban J connectivity index is 3.98. The molecule has 10 heavy (non-hydrogen) atoms. The lowest BCUT2D eigenvalue weighted by Crippen LogP contribution is -2.17. The molecule has 56 valence electrons. The molecule has 0 aromatic carbocycles. The minimum atomic E-state index is -0.688. The van der Waals surface area contributed by atoms with Gasteiger partial charge in [-0.3, -0.25) is 4.99 Å². The average molecular weight is 141 g/mol. The van der Waals surface area contributed by atoms with E-state index in [1.807, 2.05) is 0 Å². The summed E-state index contributed by atoms with van der Waals surface area (Å²) >= 11 is 0. The molecule has 0 saturated carbocycles. The van der Waals surface area contributed by atoms with Crippen LogP contribution in [-0.2, 0) is 4.79 Å². The molecule has 0 aromatic heterocycles. The van der Waals surface area contributed by atoms with Crippen LogP contribution >= 0.6 is 0 Å². The fourth-order valence-electron chi connectivity index (χ4n) is 0.251. The maximum absolute atomic E-state index is 10.2. The summed E-state index contributed by atoms with van der Waals surface area (Å²) in [5.41, 5.74) is 4.24. The fraction of sp³-hybridized carbons (Fsp3) is 0.500. The highest BCUT2D eigenvalue weighted by molar-refractivity contribution is 5.73. The van der Waals surface area contributed by atoms with Gasteiger partial charge in [-0.25, -0.2) is 4.99 Å². The highest BCUT2D eigenvalue weighted by Gasteiger charge is 2.11. The average Bonchev–Trinajstić information content (AvgIpc) is 1.89. The Morgan fingerprint density at radius 2 is 2.10 bits per heavy atom. The second-order valence-electron chi connectivity index (χ2n) is 2.31. The third-order valence-electron chi connectivity index (χ3n) is 0.832. The number of aliphatic imine (C=N–C) groups is 2. The molecule has 2 N–H and O–H groups in total. The number of hydrogen-bond donors (Lipinski definition) is 1. The van der Waals surface area contributed by atoms with Crippen LogP contribution in [0.2, 0.25) is 0 Å². The van der Waals surface area contributed by atoms with Gasteiger partial charge in [0.25, 0.3) is 0 Å². The van der Waals surface area contributed by atoms with Gasteiger partial charge in [-0.15, -0.1) is 0 Å². The smallest absolute Gasteiger partial charge is 0.147 e. The van der Waals surface area contributed by atoms with E-state index in [0.717, 1.165) is 12.6 Å². The molecule has 0 heterocycles. The lowest BCUT2D eigenvalue weighted by molar-refractivity contribution is -0.111. The molecule has 0 aliphatic heterocycles. The van der Waals surface area contributed by atoms with Crippen molar-refractivity contribution in [2.24, 2.45) is 15.7 Å². The third-order valence-corrected chi connectivity index (χ3v) is 0.832. The highest BCUT2D eigenvalue weighted by Crippen LogP contribution is 2.01. The molecule has 0 spiro atoms. The number of rotatable bonds is 3. The van der Waals surface area contributed by atoms with Gasteiger partial charge in [0.1, 0.15) is 18.2 Å². The van der Waals surface area contributed by atoms with E-state index in [4.69, 9.17) is 5.73 Å². The van der Waals surface area contributed by atoms with Gasteiger partial charge in [-0.1, -0.05) is 0 Å². The van der Waals surface area contributed by atoms with E-state index in [2.05, 4.69) is 9.98 Å². The Morgan fingerprint density at radius 1 is 1.50 bits per heavy atom. The van der Waals surface area contributed by atoms with Crippen LogP contribution in [0.15, 0.2) is 9.98 Å². The van der Waals surface area contributed by atoms with Gasteiger partial charge in [-0.05, 0) is 13.8 Å². The van der Waals surface area contributed by atoms with Crippen LogP contribution in [0, 0.1) is 0 Å². The van der Waals surface area contributed by atoms with Crippen molar-refractivity contribution in [3.63, 3.8) is 0 Å². The van der Waals surface area contributed by atoms with Gasteiger partial charge in [-0.2, -0.15) is 0 Å². The van der Waals surface area contributed by atoms with Crippen LogP contribution in [-0.4, -0.2) is 24.5 Å². The molecule has 0 saturated heterocycles. The fourth-order valence-corrected chi connectivity index (χ4v) is 0.251. The zero-order valence-corrected chi connectivity index (χ0v) is 6.11. The maximum atomic E-state index is 10.2. The SMILES string of the molecule is CC(C)(C=O)N=CN=CN. The molecule has 0 aliphatic rings. The molecule has 0 aliphatic carbocycles. The Morgan fingerprint density at radius 3 is 2.50 bits per heavy atom. The van der Waals surface area contributed by atoms with E-state index in [-0.39, 0.29) is 0 Å². The third kappa shape index (κ3) is 3.77. The Hall–Kier alpha value is -1.19. The van der Waals surface area contributed by atoms with Crippen LogP contribution in [0.25, 0.3) is 0 Å². The van der Waals surface area contributed by atoms with Gasteiger partial charge >= 0.3 is 0 Å². The van der Waals surface area contributed by atoms with Crippen molar-refractivity contribution in [2.45, 2.75) is 19.4 Å². The van der Waals surface area contributed by atoms with Crippen LogP contribution < -0.4 is 5.73 Å². The number of hydrogen-bond acceptors (Lipinski definition) is 2. The number of aldehydes is 1. The first-order valence-electron chi connectivity index (χ1n) is 2.86. The molecule has 0 unspecified atom stereocenters. The molecular weight excluding hydrogens is 130 g/mol. The van der Waals surface area contributed by atoms with Gasteiger partial charge in [0, 0.05) is 0 Å². The predicted octanol–water partition coefficient (Wildman–Crippen LogP) is -0.0208. The van der Waals surface area contributed by atoms with Crippen molar-refractivity contribution in [3.8, 4) is 0 Å². The zero-order valence-electron chi connectivity index (χ0n) is 6.11. The molecule has 0 amide bonds. The first-order valence-corrected chi connectivity index (χ1v) is 2.86. The van der Waals surface area contributed by atoms with E-state index in [9.17, 15) is 4.79 Å². The summed E-state index contributed by atoms with van der Waals surface area (Å²) in [4.78, 5) is 17.5. The summed E-state index contributed by atoms with van der Waals surface area (Å²) in [7, 11) is 0. The topological polar surface area (TPSA) is 67.8 Å². The van der Waals surface area contributed by atoms with Gasteiger partial charge in [0.05, 0.1) is 6.34 Å². The van der Waals surface area contributed by atoms with Crippen molar-refractivity contribution in [1.29, 1.82) is 0 Å². The van der Waals surface area contributed by atoms with Crippen molar-refractivity contribution in [1.82, 2.24) is 0 Å². The first-order chi connectivity index (χ1) is 4.62. The predicted molar refractivity (Wildman–Crippen MR) is 41.3 cm³/mol. The van der Waals surface area contributed by atoms with E-state index in [1.54, 1.807) is 13.8 Å². The van der Waals surface area contributed by atoms with Crippen molar-refractivity contribution in [2.75, 3.05) is 0 Å². The summed E-state index contributed by atoms with van der Waals surface area (Å²) in [6.45, 7) is 3.37. The quantitative estimate of drug-likeness (QED) is 0.341. The minimum Gasteiger partial charge on any atom is -0.390 e. The van der Waals surface area contributed by atoms with Gasteiger partial charge in [0.2, 0.25) is 0 Å².